The summed E-state index contributed by atoms with van der Waals surface area (Å²) in [6.07, 6.45) is 0.738. The van der Waals surface area contributed by atoms with E-state index >= 15 is 0 Å². The minimum atomic E-state index is -0.0108. The fraction of sp³-hybridized carbons (Fsp3) is 0.429. The van der Waals surface area contributed by atoms with Gasteiger partial charge in [0, 0.05) is 41.8 Å². The minimum Gasteiger partial charge on any atom is -0.477 e. The zero-order valence-corrected chi connectivity index (χ0v) is 15.9. The van der Waals surface area contributed by atoms with Crippen LogP contribution in [-0.2, 0) is 19.5 Å². The van der Waals surface area contributed by atoms with Gasteiger partial charge in [0.15, 0.2) is 0 Å². The molecule has 0 fully saturated rings. The van der Waals surface area contributed by atoms with Crippen molar-refractivity contribution in [3.8, 4) is 11.5 Å². The molecule has 0 amide bonds. The zero-order chi connectivity index (χ0) is 19.0. The molecule has 0 radical (unpaired) electrons. The number of hydrogen-bond donors (Lipinski definition) is 2. The number of nitrogens with zero attached hydrogens (tertiary/aromatic N) is 2. The average molecular weight is 370 g/mol. The molecular weight excluding hydrogens is 344 g/mol. The average Bonchev–Trinajstić information content (AvgIpc) is 2.70. The van der Waals surface area contributed by atoms with E-state index in [1.54, 1.807) is 0 Å². The van der Waals surface area contributed by atoms with Gasteiger partial charge >= 0.3 is 0 Å². The Kier molecular flexibility index (Phi) is 5.06. The van der Waals surface area contributed by atoms with Crippen molar-refractivity contribution in [1.29, 1.82) is 0 Å². The lowest BCUT2D eigenvalue weighted by atomic mass is 9.92. The van der Waals surface area contributed by atoms with Crippen molar-refractivity contribution in [2.75, 3.05) is 26.9 Å². The van der Waals surface area contributed by atoms with Gasteiger partial charge in [-0.05, 0) is 25.0 Å². The number of aliphatic hydroxyl groups is 2. The van der Waals surface area contributed by atoms with Crippen LogP contribution in [0, 0.1) is 13.8 Å². The third-order valence-electron chi connectivity index (χ3n) is 5.48. The Morgan fingerprint density at radius 3 is 1.63 bits per heavy atom. The Bertz CT molecular complexity index is 783. The molecule has 0 unspecified atom stereocenters. The second-order valence-corrected chi connectivity index (χ2v) is 7.36. The highest BCUT2D eigenvalue weighted by atomic mass is 16.5. The minimum absolute atomic E-state index is 0.0108. The van der Waals surface area contributed by atoms with Crippen LogP contribution < -0.4 is 9.47 Å². The van der Waals surface area contributed by atoms with Gasteiger partial charge in [-0.1, -0.05) is 24.3 Å². The Morgan fingerprint density at radius 2 is 1.22 bits per heavy atom. The van der Waals surface area contributed by atoms with E-state index in [0.717, 1.165) is 29.0 Å². The second kappa shape index (κ2) is 7.48. The van der Waals surface area contributed by atoms with E-state index < -0.39 is 0 Å². The molecule has 27 heavy (non-hydrogen) atoms. The van der Waals surface area contributed by atoms with Gasteiger partial charge in [0.1, 0.15) is 25.0 Å². The lowest BCUT2D eigenvalue weighted by Crippen LogP contribution is -2.33. The van der Waals surface area contributed by atoms with E-state index in [1.165, 1.54) is 22.3 Å². The van der Waals surface area contributed by atoms with Crippen LogP contribution in [0.4, 0.5) is 0 Å². The molecule has 2 aliphatic rings. The van der Waals surface area contributed by atoms with Crippen molar-refractivity contribution in [2.45, 2.75) is 33.4 Å². The van der Waals surface area contributed by atoms with Gasteiger partial charge in [0.05, 0.1) is 13.5 Å². The summed E-state index contributed by atoms with van der Waals surface area (Å²) in [6, 6.07) is 8.41. The predicted octanol–water partition coefficient (Wildman–Crippen LogP) is 2.10. The quantitative estimate of drug-likeness (QED) is 0.859. The van der Waals surface area contributed by atoms with Gasteiger partial charge in [0.2, 0.25) is 0 Å². The van der Waals surface area contributed by atoms with E-state index in [-0.39, 0.29) is 13.5 Å². The molecule has 4 rings (SSSR count). The molecule has 2 heterocycles. The van der Waals surface area contributed by atoms with Gasteiger partial charge < -0.3 is 19.7 Å². The van der Waals surface area contributed by atoms with Crippen molar-refractivity contribution >= 4 is 0 Å². The molecule has 2 aromatic carbocycles. The number of aryl methyl sites for hydroxylation is 2. The summed E-state index contributed by atoms with van der Waals surface area (Å²) in [5.74, 6) is 1.87. The van der Waals surface area contributed by atoms with Gasteiger partial charge in [-0.2, -0.15) is 0 Å². The van der Waals surface area contributed by atoms with Crippen molar-refractivity contribution in [2.24, 2.45) is 0 Å². The summed E-state index contributed by atoms with van der Waals surface area (Å²) in [7, 11) is 0. The number of fused-ring (bicyclic) bond motifs is 2. The Hall–Kier alpha value is -2.12. The molecule has 0 spiro atoms. The Balaban J connectivity index is 1.72. The van der Waals surface area contributed by atoms with Gasteiger partial charge in [-0.25, -0.2) is 9.80 Å². The molecule has 144 valence electrons. The molecule has 6 heteroatoms. The van der Waals surface area contributed by atoms with Crippen molar-refractivity contribution in [3.05, 3.63) is 57.6 Å². The van der Waals surface area contributed by atoms with Crippen molar-refractivity contribution in [1.82, 2.24) is 9.80 Å². The zero-order valence-electron chi connectivity index (χ0n) is 15.9. The third kappa shape index (κ3) is 3.41. The molecule has 2 aliphatic heterocycles. The highest BCUT2D eigenvalue weighted by molar-refractivity contribution is 5.54. The van der Waals surface area contributed by atoms with Crippen LogP contribution in [0.25, 0.3) is 0 Å². The molecule has 0 aliphatic carbocycles. The maximum atomic E-state index is 9.39. The van der Waals surface area contributed by atoms with Crippen molar-refractivity contribution in [3.63, 3.8) is 0 Å². The molecule has 0 bridgehead atoms. The standard InChI is InChI=1S/C21H26N2O4/c1-14-3-5-16-8-22(10-24)12-26-20(16)18(14)7-19-15(2)4-6-17-9-23(11-25)13-27-21(17)19/h3-6,24-25H,7-13H2,1-2H3. The largest absolute Gasteiger partial charge is 0.477 e. The highest BCUT2D eigenvalue weighted by Gasteiger charge is 2.25. The lowest BCUT2D eigenvalue weighted by molar-refractivity contribution is 0.0186. The number of rotatable bonds is 4. The second-order valence-electron chi connectivity index (χ2n) is 7.36. The molecule has 6 nitrogen and oxygen atoms in total. The van der Waals surface area contributed by atoms with E-state index in [2.05, 4.69) is 38.1 Å². The number of ether oxygens (including phenoxy) is 2. The summed E-state index contributed by atoms with van der Waals surface area (Å²) in [6.45, 7) is 6.36. The summed E-state index contributed by atoms with van der Waals surface area (Å²) < 4.78 is 12.0. The normalized spacial score (nSPS) is 17.0. The molecule has 2 aromatic rings. The maximum absolute atomic E-state index is 9.39. The van der Waals surface area contributed by atoms with Crippen LogP contribution in [0.5, 0.6) is 11.5 Å². The summed E-state index contributed by atoms with van der Waals surface area (Å²) in [5.41, 5.74) is 6.94. The predicted molar refractivity (Wildman–Crippen MR) is 101 cm³/mol. The van der Waals surface area contributed by atoms with Gasteiger partial charge in [-0.3, -0.25) is 0 Å². The van der Waals surface area contributed by atoms with Crippen LogP contribution in [0.2, 0.25) is 0 Å². The van der Waals surface area contributed by atoms with E-state index in [9.17, 15) is 10.2 Å². The first-order valence-electron chi connectivity index (χ1n) is 9.25. The molecule has 2 N–H and O–H groups in total. The number of aliphatic hydroxyl groups excluding tert-OH is 2. The molecule has 0 saturated carbocycles. The summed E-state index contributed by atoms with van der Waals surface area (Å²) >= 11 is 0. The third-order valence-corrected chi connectivity index (χ3v) is 5.48. The van der Waals surface area contributed by atoms with Crippen LogP contribution in [-0.4, -0.2) is 46.9 Å². The molecule has 0 saturated heterocycles. The van der Waals surface area contributed by atoms with Crippen LogP contribution in [0.1, 0.15) is 33.4 Å². The first-order chi connectivity index (χ1) is 13.1. The topological polar surface area (TPSA) is 65.4 Å². The van der Waals surface area contributed by atoms with E-state index in [1.807, 2.05) is 9.80 Å². The first kappa shape index (κ1) is 18.3. The summed E-state index contributed by atoms with van der Waals surface area (Å²) in [4.78, 5) is 3.70. The van der Waals surface area contributed by atoms with Crippen LogP contribution in [0.15, 0.2) is 24.3 Å². The van der Waals surface area contributed by atoms with E-state index in [4.69, 9.17) is 9.47 Å². The monoisotopic (exact) mass is 370 g/mol. The van der Waals surface area contributed by atoms with Crippen LogP contribution >= 0.6 is 0 Å². The summed E-state index contributed by atoms with van der Waals surface area (Å²) in [5, 5.41) is 18.8. The molecule has 0 atom stereocenters. The maximum Gasteiger partial charge on any atom is 0.144 e. The Morgan fingerprint density at radius 1 is 0.778 bits per heavy atom. The fourth-order valence-electron chi connectivity index (χ4n) is 3.84. The highest BCUT2D eigenvalue weighted by Crippen LogP contribution is 2.38. The lowest BCUT2D eigenvalue weighted by Gasteiger charge is -2.31. The fourth-order valence-corrected chi connectivity index (χ4v) is 3.84. The van der Waals surface area contributed by atoms with Crippen LogP contribution in [0.3, 0.4) is 0 Å². The SMILES string of the molecule is Cc1ccc2c(c1Cc1c(C)ccc3c1OCN(CO)C3)OCN(CO)C2. The van der Waals surface area contributed by atoms with Gasteiger partial charge in [-0.15, -0.1) is 0 Å². The molecular formula is C21H26N2O4. The number of benzene rings is 2. The first-order valence-corrected chi connectivity index (χ1v) is 9.25. The van der Waals surface area contributed by atoms with Gasteiger partial charge in [0.25, 0.3) is 0 Å². The number of hydrogen-bond acceptors (Lipinski definition) is 6. The van der Waals surface area contributed by atoms with Crippen molar-refractivity contribution < 1.29 is 19.7 Å². The van der Waals surface area contributed by atoms with E-state index in [0.29, 0.717) is 26.6 Å². The Labute approximate surface area is 159 Å². The smallest absolute Gasteiger partial charge is 0.144 e. The molecule has 0 aromatic heterocycles.